The fraction of sp³-hybridized carbons (Fsp3) is 0.406. The van der Waals surface area contributed by atoms with Crippen LogP contribution in [0.4, 0.5) is 10.5 Å². The molecule has 0 heterocycles. The Morgan fingerprint density at radius 1 is 0.902 bits per heavy atom. The van der Waals surface area contributed by atoms with Gasteiger partial charge in [-0.25, -0.2) is 4.79 Å². The van der Waals surface area contributed by atoms with E-state index in [1.807, 2.05) is 36.4 Å². The van der Waals surface area contributed by atoms with Crippen LogP contribution in [-0.4, -0.2) is 44.1 Å². The van der Waals surface area contributed by atoms with E-state index in [4.69, 9.17) is 19.9 Å². The number of amides is 2. The normalized spacial score (nSPS) is 11.9. The zero-order valence-electron chi connectivity index (χ0n) is 24.5. The van der Waals surface area contributed by atoms with E-state index in [0.717, 1.165) is 16.3 Å². The summed E-state index contributed by atoms with van der Waals surface area (Å²) in [6.45, 7) is 6.06. The third-order valence-corrected chi connectivity index (χ3v) is 6.59. The molecule has 0 unspecified atom stereocenters. The Balaban J connectivity index is 1.69. The highest BCUT2D eigenvalue weighted by Gasteiger charge is 2.22. The molecule has 3 aromatic carbocycles. The fourth-order valence-corrected chi connectivity index (χ4v) is 4.58. The number of nitrogens with two attached hydrogens (primary N) is 1. The number of carbonyl (C=O) groups is 3. The van der Waals surface area contributed by atoms with Crippen LogP contribution in [0.5, 0.6) is 11.5 Å². The summed E-state index contributed by atoms with van der Waals surface area (Å²) in [6.07, 6.45) is 1.02. The van der Waals surface area contributed by atoms with Crippen molar-refractivity contribution in [2.45, 2.75) is 58.6 Å². The molecule has 0 aromatic heterocycles. The number of Topliss-reactive ketones (excluding diaryl/α,β-unsaturated/α-hetero) is 1. The number of ketones is 1. The van der Waals surface area contributed by atoms with Gasteiger partial charge in [0.05, 0.1) is 19.8 Å². The summed E-state index contributed by atoms with van der Waals surface area (Å²) in [4.78, 5) is 38.6. The van der Waals surface area contributed by atoms with Gasteiger partial charge in [-0.05, 0) is 81.3 Å². The molecular formula is C32H41N3O6. The van der Waals surface area contributed by atoms with Crippen LogP contribution >= 0.6 is 0 Å². The van der Waals surface area contributed by atoms with E-state index >= 15 is 0 Å². The van der Waals surface area contributed by atoms with Gasteiger partial charge >= 0.3 is 6.09 Å². The minimum atomic E-state index is -0.595. The van der Waals surface area contributed by atoms with Crippen LogP contribution in [-0.2, 0) is 16.1 Å². The minimum absolute atomic E-state index is 0.118. The van der Waals surface area contributed by atoms with E-state index < -0.39 is 17.6 Å². The Hall–Kier alpha value is -4.27. The maximum atomic E-state index is 13.4. The molecule has 2 amide bonds. The lowest BCUT2D eigenvalue weighted by Gasteiger charge is -2.20. The second-order valence-electron chi connectivity index (χ2n) is 10.9. The maximum absolute atomic E-state index is 13.4. The van der Waals surface area contributed by atoms with Crippen molar-refractivity contribution >= 4 is 34.2 Å². The Labute approximate surface area is 241 Å². The summed E-state index contributed by atoms with van der Waals surface area (Å²) in [6, 6.07) is 16.6. The molecule has 3 rings (SSSR count). The van der Waals surface area contributed by atoms with Crippen LogP contribution < -0.4 is 25.8 Å². The summed E-state index contributed by atoms with van der Waals surface area (Å²) in [5, 5.41) is 7.41. The van der Waals surface area contributed by atoms with Gasteiger partial charge in [0.25, 0.3) is 0 Å². The SMILES string of the molecule is COc1cc2c(OC)cccc2cc1C(=O)CC[C@@H](CCCNC(=O)OC(C)(C)C)C(=O)NCc1cccc(N)c1. The van der Waals surface area contributed by atoms with Gasteiger partial charge in [-0.3, -0.25) is 9.59 Å². The molecule has 9 heteroatoms. The maximum Gasteiger partial charge on any atom is 0.407 e. The molecular weight excluding hydrogens is 522 g/mol. The molecule has 9 nitrogen and oxygen atoms in total. The van der Waals surface area contributed by atoms with Crippen molar-refractivity contribution in [3.8, 4) is 11.5 Å². The van der Waals surface area contributed by atoms with Crippen molar-refractivity contribution < 1.29 is 28.6 Å². The fourth-order valence-electron chi connectivity index (χ4n) is 4.58. The van der Waals surface area contributed by atoms with Gasteiger partial charge in [-0.15, -0.1) is 0 Å². The van der Waals surface area contributed by atoms with Gasteiger partial charge in [-0.2, -0.15) is 0 Å². The first kappa shape index (κ1) is 31.3. The number of rotatable bonds is 13. The van der Waals surface area contributed by atoms with Crippen molar-refractivity contribution in [2.75, 3.05) is 26.5 Å². The lowest BCUT2D eigenvalue weighted by Crippen LogP contribution is -2.34. The van der Waals surface area contributed by atoms with E-state index in [-0.39, 0.29) is 18.1 Å². The first-order valence-electron chi connectivity index (χ1n) is 13.8. The third kappa shape index (κ3) is 9.41. The molecule has 0 aliphatic rings. The number of hydrogen-bond acceptors (Lipinski definition) is 7. The molecule has 41 heavy (non-hydrogen) atoms. The van der Waals surface area contributed by atoms with Gasteiger partial charge in [0.15, 0.2) is 5.78 Å². The highest BCUT2D eigenvalue weighted by atomic mass is 16.6. The van der Waals surface area contributed by atoms with Crippen molar-refractivity contribution in [3.63, 3.8) is 0 Å². The molecule has 0 fully saturated rings. The molecule has 0 aliphatic heterocycles. The Bertz CT molecular complexity index is 1370. The molecule has 0 saturated heterocycles. The predicted molar refractivity (Wildman–Crippen MR) is 160 cm³/mol. The van der Waals surface area contributed by atoms with E-state index in [9.17, 15) is 14.4 Å². The molecule has 0 radical (unpaired) electrons. The van der Waals surface area contributed by atoms with Gasteiger partial charge < -0.3 is 30.6 Å². The van der Waals surface area contributed by atoms with Crippen LogP contribution in [0.2, 0.25) is 0 Å². The number of fused-ring (bicyclic) bond motifs is 1. The minimum Gasteiger partial charge on any atom is -0.496 e. The highest BCUT2D eigenvalue weighted by molar-refractivity contribution is 6.04. The Kier molecular flexibility index (Phi) is 11.0. The van der Waals surface area contributed by atoms with E-state index in [1.165, 1.54) is 7.11 Å². The van der Waals surface area contributed by atoms with E-state index in [2.05, 4.69) is 10.6 Å². The number of anilines is 1. The summed E-state index contributed by atoms with van der Waals surface area (Å²) in [7, 11) is 3.12. The van der Waals surface area contributed by atoms with Crippen molar-refractivity contribution in [3.05, 3.63) is 65.7 Å². The molecule has 0 saturated carbocycles. The van der Waals surface area contributed by atoms with Crippen LogP contribution in [0.15, 0.2) is 54.6 Å². The zero-order chi connectivity index (χ0) is 30.0. The summed E-state index contributed by atoms with van der Waals surface area (Å²) < 4.78 is 16.3. The predicted octanol–water partition coefficient (Wildman–Crippen LogP) is 5.64. The second kappa shape index (κ2) is 14.4. The van der Waals surface area contributed by atoms with Gasteiger partial charge in [0.1, 0.15) is 17.1 Å². The molecule has 0 aliphatic carbocycles. The van der Waals surface area contributed by atoms with Gasteiger partial charge in [-0.1, -0.05) is 24.3 Å². The van der Waals surface area contributed by atoms with Crippen LogP contribution in [0.3, 0.4) is 0 Å². The van der Waals surface area contributed by atoms with Crippen LogP contribution in [0.25, 0.3) is 10.8 Å². The monoisotopic (exact) mass is 563 g/mol. The average molecular weight is 564 g/mol. The van der Waals surface area contributed by atoms with Gasteiger partial charge in [0, 0.05) is 36.5 Å². The Morgan fingerprint density at radius 3 is 2.32 bits per heavy atom. The topological polar surface area (TPSA) is 129 Å². The number of benzene rings is 3. The molecule has 220 valence electrons. The number of alkyl carbamates (subject to hydrolysis) is 1. The standard InChI is InChI=1S/C32H41N3O6/c1-32(2,3)41-31(38)34-16-8-11-22(30(37)35-20-21-9-6-12-24(33)17-21)14-15-27(36)26-18-23-10-7-13-28(39-4)25(23)19-29(26)40-5/h6-7,9-10,12-13,17-19,22H,8,11,14-16,20,33H2,1-5H3,(H,34,38)(H,35,37)/t22-/m1/s1. The van der Waals surface area contributed by atoms with E-state index in [0.29, 0.717) is 55.1 Å². The second-order valence-corrected chi connectivity index (χ2v) is 10.9. The third-order valence-electron chi connectivity index (χ3n) is 6.59. The number of nitrogen functional groups attached to an aromatic ring is 1. The average Bonchev–Trinajstić information content (AvgIpc) is 2.93. The summed E-state index contributed by atoms with van der Waals surface area (Å²) in [5.74, 6) is 0.430. The quantitative estimate of drug-likeness (QED) is 0.139. The number of ether oxygens (including phenoxy) is 3. The van der Waals surface area contributed by atoms with Crippen LogP contribution in [0.1, 0.15) is 62.4 Å². The number of methoxy groups -OCH3 is 2. The smallest absolute Gasteiger partial charge is 0.407 e. The largest absolute Gasteiger partial charge is 0.496 e. The zero-order valence-corrected chi connectivity index (χ0v) is 24.5. The van der Waals surface area contributed by atoms with Gasteiger partial charge in [0.2, 0.25) is 5.91 Å². The molecule has 4 N–H and O–H groups in total. The first-order valence-corrected chi connectivity index (χ1v) is 13.8. The highest BCUT2D eigenvalue weighted by Crippen LogP contribution is 2.33. The van der Waals surface area contributed by atoms with Crippen molar-refractivity contribution in [1.29, 1.82) is 0 Å². The summed E-state index contributed by atoms with van der Waals surface area (Å²) in [5.41, 5.74) is 7.23. The molecule has 0 spiro atoms. The summed E-state index contributed by atoms with van der Waals surface area (Å²) >= 11 is 0. The van der Waals surface area contributed by atoms with Crippen molar-refractivity contribution in [2.24, 2.45) is 5.92 Å². The van der Waals surface area contributed by atoms with E-state index in [1.54, 1.807) is 46.1 Å². The van der Waals surface area contributed by atoms with Crippen LogP contribution in [0, 0.1) is 5.92 Å². The lowest BCUT2D eigenvalue weighted by atomic mass is 9.92. The number of nitrogens with one attached hydrogen (secondary N) is 2. The molecule has 3 aromatic rings. The van der Waals surface area contributed by atoms with Crippen molar-refractivity contribution in [1.82, 2.24) is 10.6 Å². The Morgan fingerprint density at radius 2 is 1.63 bits per heavy atom. The molecule has 1 atom stereocenters. The lowest BCUT2D eigenvalue weighted by molar-refractivity contribution is -0.125. The first-order chi connectivity index (χ1) is 19.5. The molecule has 0 bridgehead atoms. The number of hydrogen-bond donors (Lipinski definition) is 3. The number of carbonyl (C=O) groups excluding carboxylic acids is 3.